The molecule has 2 amide bonds. The number of hydrogen-bond donors (Lipinski definition) is 1. The molecule has 6 nitrogen and oxygen atoms in total. The van der Waals surface area contributed by atoms with Crippen molar-refractivity contribution >= 4 is 23.4 Å². The van der Waals surface area contributed by atoms with Crippen LogP contribution in [0.2, 0.25) is 0 Å². The quantitative estimate of drug-likeness (QED) is 0.873. The molecule has 3 rings (SSSR count). The fourth-order valence-corrected chi connectivity index (χ4v) is 3.11. The number of rotatable bonds is 3. The molecule has 2 aromatic carbocycles. The topological polar surface area (TPSA) is 61.9 Å². The second-order valence-corrected chi connectivity index (χ2v) is 7.82. The van der Waals surface area contributed by atoms with Gasteiger partial charge in [-0.25, -0.2) is 4.79 Å². The van der Waals surface area contributed by atoms with Crippen LogP contribution >= 0.6 is 0 Å². The van der Waals surface area contributed by atoms with Gasteiger partial charge in [-0.2, -0.15) is 0 Å². The zero-order valence-electron chi connectivity index (χ0n) is 16.6. The molecule has 0 aliphatic carbocycles. The Morgan fingerprint density at radius 2 is 1.50 bits per heavy atom. The number of carbonyl (C=O) groups excluding carboxylic acids is 2. The maximum atomic E-state index is 12.8. The number of carbonyl (C=O) groups is 2. The second-order valence-electron chi connectivity index (χ2n) is 7.82. The van der Waals surface area contributed by atoms with Gasteiger partial charge in [-0.1, -0.05) is 18.2 Å². The number of hydrogen-bond acceptors (Lipinski definition) is 4. The molecule has 1 N–H and O–H groups in total. The fraction of sp³-hybridized carbons (Fsp3) is 0.364. The first kappa shape index (κ1) is 19.7. The van der Waals surface area contributed by atoms with Gasteiger partial charge in [0.15, 0.2) is 0 Å². The van der Waals surface area contributed by atoms with Crippen molar-refractivity contribution in [1.82, 2.24) is 4.90 Å². The average Bonchev–Trinajstić information content (AvgIpc) is 2.67. The van der Waals surface area contributed by atoms with Crippen LogP contribution in [0.3, 0.4) is 0 Å². The van der Waals surface area contributed by atoms with E-state index in [4.69, 9.17) is 4.74 Å². The minimum absolute atomic E-state index is 0.0107. The third kappa shape index (κ3) is 5.25. The van der Waals surface area contributed by atoms with Crippen molar-refractivity contribution in [3.05, 3.63) is 60.2 Å². The number of benzene rings is 2. The first-order chi connectivity index (χ1) is 13.3. The van der Waals surface area contributed by atoms with Crippen molar-refractivity contribution in [2.75, 3.05) is 36.4 Å². The van der Waals surface area contributed by atoms with Crippen molar-refractivity contribution in [1.29, 1.82) is 0 Å². The molecule has 0 atom stereocenters. The Bertz CT molecular complexity index is 805. The van der Waals surface area contributed by atoms with Gasteiger partial charge in [-0.05, 0) is 57.2 Å². The van der Waals surface area contributed by atoms with Gasteiger partial charge in [0.25, 0.3) is 5.91 Å². The number of amides is 2. The van der Waals surface area contributed by atoms with Gasteiger partial charge in [-0.3, -0.25) is 10.1 Å². The summed E-state index contributed by atoms with van der Waals surface area (Å²) >= 11 is 0. The van der Waals surface area contributed by atoms with E-state index >= 15 is 0 Å². The Hall–Kier alpha value is -3.02. The maximum Gasteiger partial charge on any atom is 0.412 e. The molecule has 28 heavy (non-hydrogen) atoms. The molecule has 0 saturated carbocycles. The van der Waals surface area contributed by atoms with Gasteiger partial charge < -0.3 is 14.5 Å². The van der Waals surface area contributed by atoms with Crippen LogP contribution < -0.4 is 10.2 Å². The van der Waals surface area contributed by atoms with E-state index in [0.717, 1.165) is 13.1 Å². The van der Waals surface area contributed by atoms with Crippen molar-refractivity contribution in [3.63, 3.8) is 0 Å². The first-order valence-corrected chi connectivity index (χ1v) is 9.51. The molecule has 1 heterocycles. The molecular weight excluding hydrogens is 354 g/mol. The monoisotopic (exact) mass is 381 g/mol. The Morgan fingerprint density at radius 1 is 0.893 bits per heavy atom. The largest absolute Gasteiger partial charge is 0.444 e. The van der Waals surface area contributed by atoms with Crippen molar-refractivity contribution in [2.45, 2.75) is 26.4 Å². The number of piperazine rings is 1. The van der Waals surface area contributed by atoms with E-state index < -0.39 is 11.7 Å². The highest BCUT2D eigenvalue weighted by Crippen LogP contribution is 2.18. The number of anilines is 2. The lowest BCUT2D eigenvalue weighted by Gasteiger charge is -2.36. The number of nitrogens with zero attached hydrogens (tertiary/aromatic N) is 2. The summed E-state index contributed by atoms with van der Waals surface area (Å²) < 4.78 is 5.23. The van der Waals surface area contributed by atoms with Gasteiger partial charge in [-0.15, -0.1) is 0 Å². The molecule has 6 heteroatoms. The molecule has 1 aliphatic heterocycles. The summed E-state index contributed by atoms with van der Waals surface area (Å²) in [6.45, 7) is 8.43. The minimum Gasteiger partial charge on any atom is -0.444 e. The summed E-state index contributed by atoms with van der Waals surface area (Å²) in [6, 6.07) is 17.2. The summed E-state index contributed by atoms with van der Waals surface area (Å²) in [5.41, 5.74) is 1.84. The van der Waals surface area contributed by atoms with Crippen molar-refractivity contribution in [3.8, 4) is 0 Å². The smallest absolute Gasteiger partial charge is 0.412 e. The summed E-state index contributed by atoms with van der Waals surface area (Å²) in [5, 5.41) is 2.68. The van der Waals surface area contributed by atoms with Crippen LogP contribution in [0.15, 0.2) is 54.6 Å². The highest BCUT2D eigenvalue weighted by molar-refractivity contribution is 5.95. The molecule has 1 aliphatic rings. The zero-order valence-corrected chi connectivity index (χ0v) is 16.6. The van der Waals surface area contributed by atoms with Crippen LogP contribution in [0.25, 0.3) is 0 Å². The van der Waals surface area contributed by atoms with Crippen molar-refractivity contribution < 1.29 is 14.3 Å². The van der Waals surface area contributed by atoms with Crippen molar-refractivity contribution in [2.24, 2.45) is 0 Å². The molecule has 0 aromatic heterocycles. The van der Waals surface area contributed by atoms with E-state index in [1.807, 2.05) is 43.9 Å². The van der Waals surface area contributed by atoms with Gasteiger partial charge in [0.2, 0.25) is 0 Å². The molecule has 2 aromatic rings. The number of para-hydroxylation sites is 1. The Morgan fingerprint density at radius 3 is 2.07 bits per heavy atom. The van der Waals surface area contributed by atoms with Crippen LogP contribution in [0.1, 0.15) is 31.1 Å². The van der Waals surface area contributed by atoms with Gasteiger partial charge >= 0.3 is 6.09 Å². The molecule has 1 saturated heterocycles. The van der Waals surface area contributed by atoms with Crippen LogP contribution in [-0.4, -0.2) is 48.7 Å². The average molecular weight is 381 g/mol. The second kappa shape index (κ2) is 8.33. The van der Waals surface area contributed by atoms with Crippen LogP contribution in [0.4, 0.5) is 16.2 Å². The van der Waals surface area contributed by atoms with Gasteiger partial charge in [0.05, 0.1) is 0 Å². The minimum atomic E-state index is -0.554. The Balaban J connectivity index is 1.54. The third-order valence-electron chi connectivity index (χ3n) is 4.47. The van der Waals surface area contributed by atoms with E-state index in [0.29, 0.717) is 24.3 Å². The van der Waals surface area contributed by atoms with Gasteiger partial charge in [0.1, 0.15) is 5.60 Å². The summed E-state index contributed by atoms with van der Waals surface area (Å²) in [4.78, 5) is 28.7. The molecule has 148 valence electrons. The van der Waals surface area contributed by atoms with Crippen LogP contribution in [0.5, 0.6) is 0 Å². The zero-order chi connectivity index (χ0) is 20.1. The Labute approximate surface area is 166 Å². The van der Waals surface area contributed by atoms with E-state index in [2.05, 4.69) is 22.3 Å². The van der Waals surface area contributed by atoms with E-state index in [-0.39, 0.29) is 5.91 Å². The lowest BCUT2D eigenvalue weighted by Crippen LogP contribution is -2.48. The summed E-state index contributed by atoms with van der Waals surface area (Å²) in [6.07, 6.45) is -0.511. The predicted octanol–water partition coefficient (Wildman–Crippen LogP) is 4.00. The predicted molar refractivity (Wildman–Crippen MR) is 111 cm³/mol. The summed E-state index contributed by atoms with van der Waals surface area (Å²) in [5.74, 6) is 0.0107. The van der Waals surface area contributed by atoms with Gasteiger partial charge in [0, 0.05) is 43.1 Å². The lowest BCUT2D eigenvalue weighted by atomic mass is 10.1. The molecule has 0 bridgehead atoms. The molecule has 0 radical (unpaired) electrons. The Kier molecular flexibility index (Phi) is 5.87. The van der Waals surface area contributed by atoms with E-state index in [1.165, 1.54) is 5.69 Å². The molecule has 0 unspecified atom stereocenters. The standard InChI is InChI=1S/C22H27N3O3/c1-22(2,3)28-21(27)23-18-11-9-17(10-12-18)20(26)25-15-13-24(14-16-25)19-7-5-4-6-8-19/h4-12H,13-16H2,1-3H3,(H,23,27). The number of ether oxygens (including phenoxy) is 1. The van der Waals surface area contributed by atoms with Crippen LogP contribution in [-0.2, 0) is 4.74 Å². The molecular formula is C22H27N3O3. The normalized spacial score (nSPS) is 14.5. The maximum absolute atomic E-state index is 12.8. The van der Waals surface area contributed by atoms with E-state index in [9.17, 15) is 9.59 Å². The number of nitrogens with one attached hydrogen (secondary N) is 1. The first-order valence-electron chi connectivity index (χ1n) is 9.51. The summed E-state index contributed by atoms with van der Waals surface area (Å²) in [7, 11) is 0. The van der Waals surface area contributed by atoms with E-state index in [1.54, 1.807) is 24.3 Å². The third-order valence-corrected chi connectivity index (χ3v) is 4.47. The van der Waals surface area contributed by atoms with Crippen LogP contribution in [0, 0.1) is 0 Å². The lowest BCUT2D eigenvalue weighted by molar-refractivity contribution is 0.0635. The molecule has 0 spiro atoms. The highest BCUT2D eigenvalue weighted by atomic mass is 16.6. The SMILES string of the molecule is CC(C)(C)OC(=O)Nc1ccc(C(=O)N2CCN(c3ccccc3)CC2)cc1. The fourth-order valence-electron chi connectivity index (χ4n) is 3.11. The highest BCUT2D eigenvalue weighted by Gasteiger charge is 2.22. The molecule has 1 fully saturated rings.